The summed E-state index contributed by atoms with van der Waals surface area (Å²) in [5.41, 5.74) is 2.49. The second-order valence-electron chi connectivity index (χ2n) is 2.72. The average molecular weight is 162 g/mol. The molecule has 0 N–H and O–H groups in total. The Morgan fingerprint density at radius 3 is 2.67 bits per heavy atom. The van der Waals surface area contributed by atoms with E-state index in [1.165, 1.54) is 11.1 Å². The van der Waals surface area contributed by atoms with Crippen molar-refractivity contribution in [3.8, 4) is 5.75 Å². The Balaban J connectivity index is 3.08. The van der Waals surface area contributed by atoms with Gasteiger partial charge in [0, 0.05) is 0 Å². The standard InChI is InChI=1S/C11H14O/c1-4-5-10-8-11(12-3)7-6-9(10)2/h4-8H,1-3H3/b5-4+. The van der Waals surface area contributed by atoms with Crippen molar-refractivity contribution in [2.45, 2.75) is 13.8 Å². The number of methoxy groups -OCH3 is 1. The van der Waals surface area contributed by atoms with E-state index in [4.69, 9.17) is 4.74 Å². The quantitative estimate of drug-likeness (QED) is 0.649. The average Bonchev–Trinajstić information content (AvgIpc) is 2.09. The normalized spacial score (nSPS) is 10.6. The van der Waals surface area contributed by atoms with Crippen LogP contribution in [0.2, 0.25) is 0 Å². The smallest absolute Gasteiger partial charge is 0.119 e. The van der Waals surface area contributed by atoms with Crippen molar-refractivity contribution in [2.24, 2.45) is 0 Å². The third-order valence-electron chi connectivity index (χ3n) is 1.83. The molecule has 0 fully saturated rings. The van der Waals surface area contributed by atoms with Gasteiger partial charge >= 0.3 is 0 Å². The molecule has 0 aliphatic rings. The second-order valence-corrected chi connectivity index (χ2v) is 2.72. The summed E-state index contributed by atoms with van der Waals surface area (Å²) in [6, 6.07) is 6.08. The molecule has 12 heavy (non-hydrogen) atoms. The molecule has 1 aromatic rings. The summed E-state index contributed by atoms with van der Waals surface area (Å²) in [7, 11) is 1.68. The zero-order valence-corrected chi connectivity index (χ0v) is 7.79. The number of hydrogen-bond donors (Lipinski definition) is 0. The molecule has 0 bridgehead atoms. The van der Waals surface area contributed by atoms with E-state index in [1.807, 2.05) is 25.1 Å². The lowest BCUT2D eigenvalue weighted by Gasteiger charge is -2.03. The highest BCUT2D eigenvalue weighted by atomic mass is 16.5. The molecular weight excluding hydrogens is 148 g/mol. The van der Waals surface area contributed by atoms with Gasteiger partial charge in [0.25, 0.3) is 0 Å². The molecule has 0 saturated carbocycles. The number of allylic oxidation sites excluding steroid dienone is 1. The van der Waals surface area contributed by atoms with Crippen LogP contribution >= 0.6 is 0 Å². The van der Waals surface area contributed by atoms with Crippen LogP contribution in [0.5, 0.6) is 5.75 Å². The van der Waals surface area contributed by atoms with Gasteiger partial charge in [-0.2, -0.15) is 0 Å². The first kappa shape index (κ1) is 8.85. The second kappa shape index (κ2) is 3.96. The summed E-state index contributed by atoms with van der Waals surface area (Å²) >= 11 is 0. The van der Waals surface area contributed by atoms with E-state index < -0.39 is 0 Å². The van der Waals surface area contributed by atoms with Crippen LogP contribution in [0, 0.1) is 6.92 Å². The maximum Gasteiger partial charge on any atom is 0.119 e. The van der Waals surface area contributed by atoms with E-state index in [2.05, 4.69) is 19.1 Å². The Labute approximate surface area is 73.7 Å². The van der Waals surface area contributed by atoms with Gasteiger partial charge in [-0.05, 0) is 37.1 Å². The van der Waals surface area contributed by atoms with Crippen LogP contribution in [0.3, 0.4) is 0 Å². The predicted molar refractivity (Wildman–Crippen MR) is 52.4 cm³/mol. The van der Waals surface area contributed by atoms with E-state index in [9.17, 15) is 0 Å². The first-order chi connectivity index (χ1) is 5.77. The highest BCUT2D eigenvalue weighted by Crippen LogP contribution is 2.17. The van der Waals surface area contributed by atoms with E-state index >= 15 is 0 Å². The van der Waals surface area contributed by atoms with Crippen LogP contribution in [0.15, 0.2) is 24.3 Å². The first-order valence-corrected chi connectivity index (χ1v) is 4.05. The van der Waals surface area contributed by atoms with Gasteiger partial charge in [-0.15, -0.1) is 0 Å². The number of ether oxygens (including phenoxy) is 1. The largest absolute Gasteiger partial charge is 0.497 e. The Morgan fingerprint density at radius 1 is 1.33 bits per heavy atom. The fourth-order valence-corrected chi connectivity index (χ4v) is 1.10. The summed E-state index contributed by atoms with van der Waals surface area (Å²) in [6.07, 6.45) is 4.11. The van der Waals surface area contributed by atoms with Gasteiger partial charge in [0.15, 0.2) is 0 Å². The Morgan fingerprint density at radius 2 is 2.08 bits per heavy atom. The van der Waals surface area contributed by atoms with Crippen LogP contribution in [-0.2, 0) is 0 Å². The summed E-state index contributed by atoms with van der Waals surface area (Å²) in [5, 5.41) is 0. The monoisotopic (exact) mass is 162 g/mol. The molecule has 0 heterocycles. The Hall–Kier alpha value is -1.24. The Bertz CT molecular complexity index is 287. The van der Waals surface area contributed by atoms with Gasteiger partial charge in [0.05, 0.1) is 7.11 Å². The maximum atomic E-state index is 5.12. The lowest BCUT2D eigenvalue weighted by atomic mass is 10.1. The molecule has 1 heteroatoms. The molecule has 0 aliphatic carbocycles. The lowest BCUT2D eigenvalue weighted by molar-refractivity contribution is 0.414. The molecule has 1 rings (SSSR count). The maximum absolute atomic E-state index is 5.12. The highest BCUT2D eigenvalue weighted by molar-refractivity contribution is 5.55. The number of benzene rings is 1. The van der Waals surface area contributed by atoms with Crippen LogP contribution < -0.4 is 4.74 Å². The van der Waals surface area contributed by atoms with E-state index in [0.717, 1.165) is 5.75 Å². The summed E-state index contributed by atoms with van der Waals surface area (Å²) < 4.78 is 5.12. The van der Waals surface area contributed by atoms with E-state index in [0.29, 0.717) is 0 Å². The number of aryl methyl sites for hydroxylation is 1. The molecule has 0 unspecified atom stereocenters. The van der Waals surface area contributed by atoms with Crippen molar-refractivity contribution in [2.75, 3.05) is 7.11 Å². The van der Waals surface area contributed by atoms with Gasteiger partial charge in [-0.3, -0.25) is 0 Å². The van der Waals surface area contributed by atoms with Gasteiger partial charge in [-0.25, -0.2) is 0 Å². The van der Waals surface area contributed by atoms with Gasteiger partial charge in [0.1, 0.15) is 5.75 Å². The van der Waals surface area contributed by atoms with Crippen molar-refractivity contribution in [1.82, 2.24) is 0 Å². The molecule has 0 aliphatic heterocycles. The minimum Gasteiger partial charge on any atom is -0.497 e. The molecule has 64 valence electrons. The fourth-order valence-electron chi connectivity index (χ4n) is 1.10. The lowest BCUT2D eigenvalue weighted by Crippen LogP contribution is -1.85. The van der Waals surface area contributed by atoms with Crippen LogP contribution in [0.25, 0.3) is 6.08 Å². The highest BCUT2D eigenvalue weighted by Gasteiger charge is 1.95. The summed E-state index contributed by atoms with van der Waals surface area (Å²) in [5.74, 6) is 0.911. The molecule has 1 nitrogen and oxygen atoms in total. The number of rotatable bonds is 2. The zero-order valence-electron chi connectivity index (χ0n) is 7.79. The van der Waals surface area contributed by atoms with Crippen LogP contribution in [0.1, 0.15) is 18.1 Å². The van der Waals surface area contributed by atoms with Crippen molar-refractivity contribution in [3.63, 3.8) is 0 Å². The van der Waals surface area contributed by atoms with Crippen molar-refractivity contribution >= 4 is 6.08 Å². The van der Waals surface area contributed by atoms with Crippen LogP contribution in [-0.4, -0.2) is 7.11 Å². The minimum atomic E-state index is 0.911. The van der Waals surface area contributed by atoms with E-state index in [-0.39, 0.29) is 0 Å². The van der Waals surface area contributed by atoms with Crippen LogP contribution in [0.4, 0.5) is 0 Å². The Kier molecular flexibility index (Phi) is 2.92. The van der Waals surface area contributed by atoms with Gasteiger partial charge in [0.2, 0.25) is 0 Å². The summed E-state index contributed by atoms with van der Waals surface area (Å²) in [4.78, 5) is 0. The SMILES string of the molecule is C/C=C/c1cc(OC)ccc1C. The minimum absolute atomic E-state index is 0.911. The van der Waals surface area contributed by atoms with Crippen molar-refractivity contribution in [3.05, 3.63) is 35.4 Å². The molecule has 1 aromatic carbocycles. The van der Waals surface area contributed by atoms with Gasteiger partial charge in [-0.1, -0.05) is 18.2 Å². The molecular formula is C11H14O. The molecule has 0 radical (unpaired) electrons. The molecule has 0 atom stereocenters. The first-order valence-electron chi connectivity index (χ1n) is 4.05. The number of hydrogen-bond acceptors (Lipinski definition) is 1. The van der Waals surface area contributed by atoms with Crippen molar-refractivity contribution in [1.29, 1.82) is 0 Å². The van der Waals surface area contributed by atoms with Gasteiger partial charge < -0.3 is 4.74 Å². The van der Waals surface area contributed by atoms with Crippen molar-refractivity contribution < 1.29 is 4.74 Å². The molecule has 0 aromatic heterocycles. The topological polar surface area (TPSA) is 9.23 Å². The fraction of sp³-hybridized carbons (Fsp3) is 0.273. The molecule has 0 saturated heterocycles. The van der Waals surface area contributed by atoms with E-state index in [1.54, 1.807) is 7.11 Å². The zero-order chi connectivity index (χ0) is 8.97. The molecule has 0 amide bonds. The molecule has 0 spiro atoms. The summed E-state index contributed by atoms with van der Waals surface area (Å²) in [6.45, 7) is 4.10. The predicted octanol–water partition coefficient (Wildman–Crippen LogP) is 3.04. The third kappa shape index (κ3) is 1.88. The third-order valence-corrected chi connectivity index (χ3v) is 1.83.